The number of halogens is 1. The minimum Gasteiger partial charge on any atom is -0.254 e. The molecule has 6 nitrogen and oxygen atoms in total. The molecule has 0 aliphatic heterocycles. The van der Waals surface area contributed by atoms with Crippen LogP contribution in [0.3, 0.4) is 0 Å². The molecule has 3 rings (SSSR count). The van der Waals surface area contributed by atoms with E-state index in [1.165, 1.54) is 18.5 Å². The van der Waals surface area contributed by atoms with Crippen LogP contribution >= 0.6 is 23.4 Å². The number of benzene rings is 1. The molecule has 0 spiro atoms. The van der Waals surface area contributed by atoms with Gasteiger partial charge in [0.2, 0.25) is 10.0 Å². The maximum atomic E-state index is 12.6. The van der Waals surface area contributed by atoms with E-state index in [1.807, 2.05) is 0 Å². The Hall–Kier alpha value is -1.09. The summed E-state index contributed by atoms with van der Waals surface area (Å²) in [6, 6.07) is 6.08. The van der Waals surface area contributed by atoms with Gasteiger partial charge in [0.15, 0.2) is 5.16 Å². The fraction of sp³-hybridized carbons (Fsp3) is 0.429. The molecule has 2 atom stereocenters. The zero-order chi connectivity index (χ0) is 16.3. The molecule has 2 aromatic rings. The molecule has 1 aliphatic rings. The van der Waals surface area contributed by atoms with Gasteiger partial charge in [0.25, 0.3) is 0 Å². The molecule has 0 radical (unpaired) electrons. The predicted molar refractivity (Wildman–Crippen MR) is 90.1 cm³/mol. The third-order valence-electron chi connectivity index (χ3n) is 3.79. The Balaban J connectivity index is 1.74. The van der Waals surface area contributed by atoms with Crippen LogP contribution in [-0.2, 0) is 10.0 Å². The van der Waals surface area contributed by atoms with E-state index < -0.39 is 10.0 Å². The van der Waals surface area contributed by atoms with Gasteiger partial charge in [0.1, 0.15) is 6.33 Å². The number of nitrogens with one attached hydrogen (secondary N) is 2. The monoisotopic (exact) mass is 372 g/mol. The normalized spacial score (nSPS) is 22.1. The van der Waals surface area contributed by atoms with Crippen LogP contribution < -0.4 is 4.72 Å². The predicted octanol–water partition coefficient (Wildman–Crippen LogP) is 2.84. The van der Waals surface area contributed by atoms with Gasteiger partial charge < -0.3 is 0 Å². The van der Waals surface area contributed by atoms with E-state index in [-0.39, 0.29) is 16.2 Å². The van der Waals surface area contributed by atoms with Crippen molar-refractivity contribution in [2.45, 2.75) is 47.0 Å². The second kappa shape index (κ2) is 7.21. The summed E-state index contributed by atoms with van der Waals surface area (Å²) in [5, 5.41) is 8.02. The summed E-state index contributed by atoms with van der Waals surface area (Å²) in [4.78, 5) is 4.35. The van der Waals surface area contributed by atoms with Crippen molar-refractivity contribution >= 4 is 33.4 Å². The number of nitrogens with zero attached hydrogens (tertiary/aromatic N) is 2. The quantitative estimate of drug-likeness (QED) is 0.842. The standard InChI is InChI=1S/C14H17ClN4O2S2/c15-10-5-7-11(8-6-10)23(20,21)19-12-3-1-2-4-13(12)22-14-16-9-17-18-14/h5-9,12-13,19H,1-4H2,(H,16,17,18)/t12-,13+/m0/s1. The van der Waals surface area contributed by atoms with E-state index in [0.717, 1.165) is 25.7 Å². The Labute approximate surface area is 144 Å². The highest BCUT2D eigenvalue weighted by molar-refractivity contribution is 7.99. The van der Waals surface area contributed by atoms with Gasteiger partial charge in [-0.1, -0.05) is 36.2 Å². The molecule has 2 N–H and O–H groups in total. The summed E-state index contributed by atoms with van der Waals surface area (Å²) >= 11 is 7.36. The van der Waals surface area contributed by atoms with Crippen LogP contribution in [0.4, 0.5) is 0 Å². The highest BCUT2D eigenvalue weighted by atomic mass is 35.5. The van der Waals surface area contributed by atoms with Crippen molar-refractivity contribution in [3.8, 4) is 0 Å². The molecule has 1 aromatic carbocycles. The lowest BCUT2D eigenvalue weighted by atomic mass is 9.96. The summed E-state index contributed by atoms with van der Waals surface area (Å²) in [6.45, 7) is 0. The van der Waals surface area contributed by atoms with Crippen molar-refractivity contribution in [3.05, 3.63) is 35.6 Å². The van der Waals surface area contributed by atoms with E-state index in [4.69, 9.17) is 11.6 Å². The van der Waals surface area contributed by atoms with Gasteiger partial charge in [-0.15, -0.1) is 0 Å². The van der Waals surface area contributed by atoms with Gasteiger partial charge >= 0.3 is 0 Å². The average Bonchev–Trinajstić information content (AvgIpc) is 3.02. The molecule has 1 aliphatic carbocycles. The van der Waals surface area contributed by atoms with Gasteiger partial charge in [-0.05, 0) is 37.1 Å². The number of sulfonamides is 1. The summed E-state index contributed by atoms with van der Waals surface area (Å²) in [5.41, 5.74) is 0. The number of hydrogen-bond acceptors (Lipinski definition) is 5. The van der Waals surface area contributed by atoms with Crippen LogP contribution in [0.2, 0.25) is 5.02 Å². The van der Waals surface area contributed by atoms with E-state index in [9.17, 15) is 8.42 Å². The van der Waals surface area contributed by atoms with E-state index in [1.54, 1.807) is 23.9 Å². The highest BCUT2D eigenvalue weighted by Gasteiger charge is 2.30. The van der Waals surface area contributed by atoms with Gasteiger partial charge in [-0.3, -0.25) is 5.10 Å². The summed E-state index contributed by atoms with van der Waals surface area (Å²) in [5.74, 6) is 0. The Bertz CT molecular complexity index is 735. The van der Waals surface area contributed by atoms with Crippen LogP contribution in [-0.4, -0.2) is 34.9 Å². The first-order valence-electron chi connectivity index (χ1n) is 7.34. The van der Waals surface area contributed by atoms with Crippen molar-refractivity contribution in [2.75, 3.05) is 0 Å². The Morgan fingerprint density at radius 1 is 1.22 bits per heavy atom. The fourth-order valence-electron chi connectivity index (χ4n) is 2.65. The zero-order valence-electron chi connectivity index (χ0n) is 12.3. The van der Waals surface area contributed by atoms with Crippen LogP contribution in [0.1, 0.15) is 25.7 Å². The Morgan fingerprint density at radius 2 is 1.96 bits per heavy atom. The van der Waals surface area contributed by atoms with E-state index >= 15 is 0 Å². The van der Waals surface area contributed by atoms with Gasteiger partial charge in [-0.2, -0.15) is 5.10 Å². The van der Waals surface area contributed by atoms with E-state index in [0.29, 0.717) is 10.2 Å². The summed E-state index contributed by atoms with van der Waals surface area (Å²) in [7, 11) is -3.56. The molecular weight excluding hydrogens is 356 g/mol. The maximum Gasteiger partial charge on any atom is 0.240 e. The molecule has 0 amide bonds. The van der Waals surface area contributed by atoms with Gasteiger partial charge in [0, 0.05) is 16.3 Å². The van der Waals surface area contributed by atoms with Gasteiger partial charge in [0.05, 0.1) is 4.90 Å². The number of H-pyrrole nitrogens is 1. The molecular formula is C14H17ClN4O2S2. The largest absolute Gasteiger partial charge is 0.254 e. The van der Waals surface area contributed by atoms with Crippen molar-refractivity contribution in [1.29, 1.82) is 0 Å². The minimum atomic E-state index is -3.56. The third-order valence-corrected chi connectivity index (χ3v) is 6.83. The third kappa shape index (κ3) is 4.26. The van der Waals surface area contributed by atoms with Crippen LogP contribution in [0.25, 0.3) is 0 Å². The van der Waals surface area contributed by atoms with Crippen LogP contribution in [0.15, 0.2) is 40.6 Å². The molecule has 1 aromatic heterocycles. The number of thioether (sulfide) groups is 1. The number of aromatic amines is 1. The lowest BCUT2D eigenvalue weighted by molar-refractivity contribution is 0.422. The molecule has 0 saturated heterocycles. The summed E-state index contributed by atoms with van der Waals surface area (Å²) in [6.07, 6.45) is 5.32. The maximum absolute atomic E-state index is 12.6. The number of hydrogen-bond donors (Lipinski definition) is 2. The zero-order valence-corrected chi connectivity index (χ0v) is 14.7. The second-order valence-electron chi connectivity index (χ2n) is 5.41. The van der Waals surface area contributed by atoms with Crippen molar-refractivity contribution in [3.63, 3.8) is 0 Å². The fourth-order valence-corrected chi connectivity index (χ4v) is 5.32. The van der Waals surface area contributed by atoms with Crippen molar-refractivity contribution in [1.82, 2.24) is 19.9 Å². The highest BCUT2D eigenvalue weighted by Crippen LogP contribution is 2.32. The molecule has 1 fully saturated rings. The topological polar surface area (TPSA) is 87.7 Å². The molecule has 1 heterocycles. The van der Waals surface area contributed by atoms with E-state index in [2.05, 4.69) is 19.9 Å². The lowest BCUT2D eigenvalue weighted by Crippen LogP contribution is -2.43. The minimum absolute atomic E-state index is 0.125. The molecule has 124 valence electrons. The Kier molecular flexibility index (Phi) is 5.25. The first-order valence-corrected chi connectivity index (χ1v) is 10.1. The van der Waals surface area contributed by atoms with Crippen LogP contribution in [0.5, 0.6) is 0 Å². The first-order chi connectivity index (χ1) is 11.0. The smallest absolute Gasteiger partial charge is 0.240 e. The summed E-state index contributed by atoms with van der Waals surface area (Å²) < 4.78 is 28.0. The number of rotatable bonds is 5. The van der Waals surface area contributed by atoms with Crippen molar-refractivity contribution in [2.24, 2.45) is 0 Å². The molecule has 23 heavy (non-hydrogen) atoms. The molecule has 0 unspecified atom stereocenters. The SMILES string of the molecule is O=S(=O)(N[C@H]1CCCC[C@H]1Sc1ncn[nH]1)c1ccc(Cl)cc1. The Morgan fingerprint density at radius 3 is 2.65 bits per heavy atom. The molecule has 9 heteroatoms. The first kappa shape index (κ1) is 16.8. The lowest BCUT2D eigenvalue weighted by Gasteiger charge is -2.30. The van der Waals surface area contributed by atoms with Crippen molar-refractivity contribution < 1.29 is 8.42 Å². The van der Waals surface area contributed by atoms with Crippen LogP contribution in [0, 0.1) is 0 Å². The average molecular weight is 373 g/mol. The van der Waals surface area contributed by atoms with Gasteiger partial charge in [-0.25, -0.2) is 18.1 Å². The number of aromatic nitrogens is 3. The second-order valence-corrected chi connectivity index (χ2v) is 8.79. The molecule has 0 bridgehead atoms. The molecule has 1 saturated carbocycles.